The zero-order valence-electron chi connectivity index (χ0n) is 29.8. The topological polar surface area (TPSA) is 151 Å². The van der Waals surface area contributed by atoms with E-state index in [0.29, 0.717) is 34.5 Å². The van der Waals surface area contributed by atoms with Gasteiger partial charge in [0.2, 0.25) is 17.7 Å². The fourth-order valence-electron chi connectivity index (χ4n) is 6.50. The molecule has 6 atom stereocenters. The highest BCUT2D eigenvalue weighted by molar-refractivity contribution is 7.98. The van der Waals surface area contributed by atoms with Gasteiger partial charge in [0.15, 0.2) is 7.98 Å². The van der Waals surface area contributed by atoms with Crippen molar-refractivity contribution < 1.29 is 28.7 Å². The molecular formula is C39H40BClN6O6S. The molecule has 0 bridgehead atoms. The lowest BCUT2D eigenvalue weighted by Crippen LogP contribution is -2.58. The second-order valence-electron chi connectivity index (χ2n) is 13.2. The Morgan fingerprint density at radius 3 is 2.46 bits per heavy atom. The number of hydrogen-bond donors (Lipinski definition) is 4. The molecule has 2 heterocycles. The normalized spacial score (nSPS) is 21.4. The van der Waals surface area contributed by atoms with Crippen LogP contribution >= 0.6 is 23.5 Å². The van der Waals surface area contributed by atoms with Gasteiger partial charge >= 0.3 is 0 Å². The molecule has 2 radical (unpaired) electrons. The first-order chi connectivity index (χ1) is 26.1. The summed E-state index contributed by atoms with van der Waals surface area (Å²) in [5, 5.41) is 7.91. The molecule has 15 heteroatoms. The average molecular weight is 767 g/mol. The Morgan fingerprint density at radius 1 is 1.09 bits per heavy atom. The third-order valence-corrected chi connectivity index (χ3v) is 10.6. The van der Waals surface area contributed by atoms with Crippen LogP contribution in [0.15, 0.2) is 102 Å². The van der Waals surface area contributed by atoms with Crippen molar-refractivity contribution in [3.8, 4) is 22.8 Å². The van der Waals surface area contributed by atoms with Gasteiger partial charge in [0.1, 0.15) is 34.6 Å². The van der Waals surface area contributed by atoms with Crippen molar-refractivity contribution >= 4 is 66.1 Å². The number of rotatable bonds is 15. The van der Waals surface area contributed by atoms with Gasteiger partial charge < -0.3 is 30.2 Å². The second kappa shape index (κ2) is 17.0. The van der Waals surface area contributed by atoms with Crippen LogP contribution in [0.25, 0.3) is 22.2 Å². The number of carbonyl (C=O) groups excluding carboxylic acids is 4. The van der Waals surface area contributed by atoms with E-state index < -0.39 is 46.8 Å². The van der Waals surface area contributed by atoms with Crippen LogP contribution in [-0.4, -0.2) is 90.8 Å². The van der Waals surface area contributed by atoms with E-state index in [1.54, 1.807) is 19.3 Å². The molecule has 2 aliphatic rings. The van der Waals surface area contributed by atoms with E-state index in [1.807, 2.05) is 78.9 Å². The molecule has 2 fully saturated rings. The van der Waals surface area contributed by atoms with Crippen LogP contribution in [0.5, 0.6) is 11.5 Å². The Hall–Kier alpha value is -5.05. The number of hydrogen-bond acceptors (Lipinski definition) is 9. The summed E-state index contributed by atoms with van der Waals surface area (Å²) in [5.74, 6) is -1.16. The second-order valence-corrected chi connectivity index (χ2v) is 14.7. The van der Waals surface area contributed by atoms with Crippen LogP contribution < -0.4 is 30.1 Å². The summed E-state index contributed by atoms with van der Waals surface area (Å²) >= 11 is 7.07. The highest BCUT2D eigenvalue weighted by Gasteiger charge is 2.61. The third-order valence-electron chi connectivity index (χ3n) is 9.59. The maximum Gasteiger partial charge on any atom is 0.256 e. The summed E-state index contributed by atoms with van der Waals surface area (Å²) in [5.41, 5.74) is 0.907. The molecule has 4 aromatic rings. The number of fused-ring (bicyclic) bond motifs is 1. The Balaban J connectivity index is 1.29. The molecule has 1 aliphatic carbocycles. The van der Waals surface area contributed by atoms with Crippen molar-refractivity contribution in [1.82, 2.24) is 30.5 Å². The molecule has 0 unspecified atom stereocenters. The van der Waals surface area contributed by atoms with E-state index in [0.717, 1.165) is 22.4 Å². The molecule has 4 N–H and O–H groups in total. The molecule has 3 aromatic carbocycles. The van der Waals surface area contributed by atoms with Crippen molar-refractivity contribution in [1.29, 1.82) is 0 Å². The molecular weight excluding hydrogens is 727 g/mol. The Kier molecular flexibility index (Phi) is 12.1. The number of methoxy groups -OCH3 is 1. The summed E-state index contributed by atoms with van der Waals surface area (Å²) < 4.78 is 15.0. The number of likely N-dealkylation sites (tertiary alicyclic amines) is 1. The van der Waals surface area contributed by atoms with Gasteiger partial charge in [0.25, 0.3) is 5.91 Å². The number of pyridine rings is 1. The minimum Gasteiger partial charge on any atom is -0.497 e. The average Bonchev–Trinajstić information content (AvgIpc) is 3.75. The van der Waals surface area contributed by atoms with Crippen LogP contribution in [0.2, 0.25) is 0 Å². The lowest BCUT2D eigenvalue weighted by atomic mass is 10.1. The zero-order valence-corrected chi connectivity index (χ0v) is 31.4. The maximum atomic E-state index is 14.3. The largest absolute Gasteiger partial charge is 0.497 e. The van der Waals surface area contributed by atoms with Gasteiger partial charge in [-0.3, -0.25) is 23.9 Å². The van der Waals surface area contributed by atoms with Gasteiger partial charge in [0.05, 0.1) is 30.9 Å². The number of benzene rings is 3. The van der Waals surface area contributed by atoms with Crippen molar-refractivity contribution in [3.63, 3.8) is 0 Å². The molecule has 12 nitrogen and oxygen atoms in total. The van der Waals surface area contributed by atoms with Crippen LogP contribution in [0.3, 0.4) is 0 Å². The fourth-order valence-corrected chi connectivity index (χ4v) is 7.26. The van der Waals surface area contributed by atoms with E-state index in [1.165, 1.54) is 11.8 Å². The van der Waals surface area contributed by atoms with Gasteiger partial charge in [-0.05, 0) is 49.6 Å². The van der Waals surface area contributed by atoms with Gasteiger partial charge in [-0.25, -0.2) is 4.98 Å². The summed E-state index contributed by atoms with van der Waals surface area (Å²) in [6.45, 7) is 5.20. The lowest BCUT2D eigenvalue weighted by molar-refractivity contribution is -0.140. The number of nitrogens with one attached hydrogen (secondary N) is 4. The summed E-state index contributed by atoms with van der Waals surface area (Å²) in [4.78, 5) is 61.4. The van der Waals surface area contributed by atoms with E-state index in [-0.39, 0.29) is 31.3 Å². The van der Waals surface area contributed by atoms with Crippen molar-refractivity contribution in [3.05, 3.63) is 97.6 Å². The quantitative estimate of drug-likeness (QED) is 0.0611. The first-order valence-corrected chi connectivity index (χ1v) is 18.7. The smallest absolute Gasteiger partial charge is 0.256 e. The van der Waals surface area contributed by atoms with Crippen LogP contribution in [0, 0.1) is 5.92 Å². The lowest BCUT2D eigenvalue weighted by Gasteiger charge is -2.29. The van der Waals surface area contributed by atoms with Gasteiger partial charge in [0, 0.05) is 46.9 Å². The summed E-state index contributed by atoms with van der Waals surface area (Å²) in [7, 11) is 7.39. The predicted molar refractivity (Wildman–Crippen MR) is 209 cm³/mol. The van der Waals surface area contributed by atoms with Gasteiger partial charge in [-0.2, -0.15) is 0 Å². The number of nitrogens with zero attached hydrogens (tertiary/aromatic N) is 2. The Morgan fingerprint density at radius 2 is 1.81 bits per heavy atom. The molecule has 278 valence electrons. The molecule has 1 aromatic heterocycles. The highest BCUT2D eigenvalue weighted by atomic mass is 35.5. The monoisotopic (exact) mass is 766 g/mol. The summed E-state index contributed by atoms with van der Waals surface area (Å²) in [6, 6.07) is 24.1. The Labute approximate surface area is 324 Å². The van der Waals surface area contributed by atoms with Crippen molar-refractivity contribution in [2.75, 3.05) is 20.2 Å². The third kappa shape index (κ3) is 8.51. The first-order valence-electron chi connectivity index (χ1n) is 17.4. The van der Waals surface area contributed by atoms with E-state index in [2.05, 4.69) is 27.2 Å². The van der Waals surface area contributed by atoms with Crippen LogP contribution in [-0.2, 0) is 19.2 Å². The molecule has 4 amide bonds. The van der Waals surface area contributed by atoms with Crippen LogP contribution in [0.1, 0.15) is 19.8 Å². The standard InChI is InChI=1S/C39H40BClN6O6S/c1-4-25-20-39(25,38(51)46-54-28-13-9-6-10-14-28)44-36(49)33-18-27(22-47(33)37(50)32(45-40)21-42-35(48)23(2)41)53-34-19-30(24-11-7-5-8-12-24)43-31-17-26(52-3)15-16-29(31)34/h4-17,19,23,25,27,32-33,45H,1,18,20-22H2,2-3H3,(H,42,48)(H,44,49)(H,46,51)/t23-,25+,27+,32-,33-,39+/m0/s1. The molecule has 1 aliphatic heterocycles. The minimum atomic E-state index is -1.25. The van der Waals surface area contributed by atoms with Gasteiger partial charge in [-0.15, -0.1) is 18.2 Å². The SMILES string of the molecule is [B]N[C@@H](CNC(=O)[C@H](C)Cl)C(=O)N1C[C@H](Oc2cc(-c3ccccc3)nc3cc(OC)ccc23)C[C@H]1C(=O)N[C@]1(C(=O)NSc2ccccc2)C[C@H]1C=C. The number of ether oxygens (including phenoxy) is 2. The van der Waals surface area contributed by atoms with Crippen LogP contribution in [0.4, 0.5) is 0 Å². The molecule has 6 rings (SSSR count). The van der Waals surface area contributed by atoms with Crippen molar-refractivity contribution in [2.24, 2.45) is 5.92 Å². The highest BCUT2D eigenvalue weighted by Crippen LogP contribution is 2.45. The summed E-state index contributed by atoms with van der Waals surface area (Å²) in [6.07, 6.45) is 1.41. The number of alkyl halides is 1. The van der Waals surface area contributed by atoms with Gasteiger partial charge in [-0.1, -0.05) is 54.6 Å². The minimum absolute atomic E-state index is 0.00351. The molecule has 0 spiro atoms. The maximum absolute atomic E-state index is 14.3. The molecule has 1 saturated heterocycles. The predicted octanol–water partition coefficient (Wildman–Crippen LogP) is 3.93. The number of carbonyl (C=O) groups is 4. The molecule has 1 saturated carbocycles. The van der Waals surface area contributed by atoms with E-state index in [4.69, 9.17) is 34.0 Å². The zero-order chi connectivity index (χ0) is 38.4. The fraction of sp³-hybridized carbons (Fsp3) is 0.308. The Bertz CT molecular complexity index is 2030. The van der Waals surface area contributed by atoms with E-state index >= 15 is 0 Å². The number of aromatic nitrogens is 1. The number of amides is 4. The molecule has 54 heavy (non-hydrogen) atoms. The van der Waals surface area contributed by atoms with E-state index in [9.17, 15) is 19.2 Å². The van der Waals surface area contributed by atoms with Crippen molar-refractivity contribution in [2.45, 2.75) is 53.8 Å². The number of halogens is 1. The first kappa shape index (κ1) is 38.7.